The van der Waals surface area contributed by atoms with E-state index in [0.717, 1.165) is 56.0 Å². The van der Waals surface area contributed by atoms with Crippen molar-refractivity contribution in [2.45, 2.75) is 58.0 Å². The van der Waals surface area contributed by atoms with Crippen molar-refractivity contribution >= 4 is 0 Å². The van der Waals surface area contributed by atoms with E-state index in [9.17, 15) is 5.11 Å². The Morgan fingerprint density at radius 1 is 1.44 bits per heavy atom. The van der Waals surface area contributed by atoms with E-state index < -0.39 is 0 Å². The van der Waals surface area contributed by atoms with Gasteiger partial charge in [-0.25, -0.2) is 0 Å². The third-order valence-corrected chi connectivity index (χ3v) is 4.16. The molecule has 0 saturated heterocycles. The summed E-state index contributed by atoms with van der Waals surface area (Å²) < 4.78 is 5.75. The van der Waals surface area contributed by atoms with E-state index >= 15 is 0 Å². The number of hydrogen-bond donors (Lipinski definition) is 2. The van der Waals surface area contributed by atoms with Gasteiger partial charge in [0.15, 0.2) is 0 Å². The van der Waals surface area contributed by atoms with Gasteiger partial charge in [0.05, 0.1) is 5.69 Å². The SMILES string of the molecule is CCCc1[nH]c(C2(OC)CCC(C)CC2)nc1O. The summed E-state index contributed by atoms with van der Waals surface area (Å²) in [6, 6.07) is 0. The Hall–Kier alpha value is -1.03. The average molecular weight is 252 g/mol. The lowest BCUT2D eigenvalue weighted by Gasteiger charge is -2.36. The number of aromatic hydroxyl groups is 1. The van der Waals surface area contributed by atoms with Crippen LogP contribution in [-0.2, 0) is 16.8 Å². The largest absolute Gasteiger partial charge is 0.492 e. The molecule has 1 aromatic heterocycles. The molecule has 2 rings (SSSR count). The highest BCUT2D eigenvalue weighted by Gasteiger charge is 2.39. The molecule has 0 radical (unpaired) electrons. The van der Waals surface area contributed by atoms with Gasteiger partial charge in [-0.3, -0.25) is 0 Å². The first-order chi connectivity index (χ1) is 8.61. The Morgan fingerprint density at radius 3 is 2.67 bits per heavy atom. The molecule has 4 heteroatoms. The molecule has 1 aliphatic rings. The summed E-state index contributed by atoms with van der Waals surface area (Å²) in [6.07, 6.45) is 6.07. The molecule has 102 valence electrons. The van der Waals surface area contributed by atoms with Crippen LogP contribution in [-0.4, -0.2) is 22.2 Å². The summed E-state index contributed by atoms with van der Waals surface area (Å²) in [4.78, 5) is 7.57. The molecule has 2 N–H and O–H groups in total. The van der Waals surface area contributed by atoms with Gasteiger partial charge < -0.3 is 14.8 Å². The Kier molecular flexibility index (Phi) is 3.95. The monoisotopic (exact) mass is 252 g/mol. The fraction of sp³-hybridized carbons (Fsp3) is 0.786. The number of nitrogens with one attached hydrogen (secondary N) is 1. The minimum atomic E-state index is -0.323. The van der Waals surface area contributed by atoms with Crippen LogP contribution >= 0.6 is 0 Å². The summed E-state index contributed by atoms with van der Waals surface area (Å²) in [5, 5.41) is 9.86. The van der Waals surface area contributed by atoms with Crippen LogP contribution in [0.4, 0.5) is 0 Å². The van der Waals surface area contributed by atoms with Crippen molar-refractivity contribution in [3.8, 4) is 5.88 Å². The van der Waals surface area contributed by atoms with Crippen LogP contribution in [0.25, 0.3) is 0 Å². The molecule has 0 aliphatic heterocycles. The van der Waals surface area contributed by atoms with Crippen molar-refractivity contribution in [3.05, 3.63) is 11.5 Å². The molecule has 1 aliphatic carbocycles. The number of aryl methyl sites for hydroxylation is 1. The second-order valence-electron chi connectivity index (χ2n) is 5.52. The quantitative estimate of drug-likeness (QED) is 0.865. The Balaban J connectivity index is 2.24. The number of aromatic amines is 1. The summed E-state index contributed by atoms with van der Waals surface area (Å²) in [7, 11) is 1.75. The van der Waals surface area contributed by atoms with E-state index in [2.05, 4.69) is 23.8 Å². The zero-order valence-corrected chi connectivity index (χ0v) is 11.6. The third-order valence-electron chi connectivity index (χ3n) is 4.16. The van der Waals surface area contributed by atoms with Crippen molar-refractivity contribution in [3.63, 3.8) is 0 Å². The van der Waals surface area contributed by atoms with E-state index in [1.54, 1.807) is 7.11 Å². The molecule has 1 saturated carbocycles. The predicted molar refractivity (Wildman–Crippen MR) is 70.6 cm³/mol. The van der Waals surface area contributed by atoms with Crippen molar-refractivity contribution in [2.24, 2.45) is 5.92 Å². The molecule has 0 atom stereocenters. The van der Waals surface area contributed by atoms with Crippen LogP contribution < -0.4 is 0 Å². The maximum Gasteiger partial charge on any atom is 0.232 e. The van der Waals surface area contributed by atoms with Crippen molar-refractivity contribution < 1.29 is 9.84 Å². The van der Waals surface area contributed by atoms with Crippen LogP contribution in [0.5, 0.6) is 5.88 Å². The van der Waals surface area contributed by atoms with Crippen LogP contribution in [0.1, 0.15) is 57.5 Å². The number of ether oxygens (including phenoxy) is 1. The standard InChI is InChI=1S/C14H24N2O2/c1-4-5-11-12(17)16-13(15-11)14(18-3)8-6-10(2)7-9-14/h10,17H,4-9H2,1-3H3,(H,15,16). The zero-order valence-electron chi connectivity index (χ0n) is 11.6. The predicted octanol–water partition coefficient (Wildman–Crippen LogP) is 3.12. The topological polar surface area (TPSA) is 58.1 Å². The molecule has 0 amide bonds. The van der Waals surface area contributed by atoms with Crippen LogP contribution in [0.15, 0.2) is 0 Å². The lowest BCUT2D eigenvalue weighted by Crippen LogP contribution is -2.34. The van der Waals surface area contributed by atoms with Gasteiger partial charge in [-0.15, -0.1) is 0 Å². The molecule has 1 aromatic rings. The molecule has 0 unspecified atom stereocenters. The molecule has 1 fully saturated rings. The second-order valence-corrected chi connectivity index (χ2v) is 5.52. The molecule has 0 bridgehead atoms. The minimum absolute atomic E-state index is 0.141. The molecular formula is C14H24N2O2. The lowest BCUT2D eigenvalue weighted by atomic mass is 9.79. The number of hydrogen-bond acceptors (Lipinski definition) is 3. The Morgan fingerprint density at radius 2 is 2.11 bits per heavy atom. The zero-order chi connectivity index (χ0) is 13.2. The number of imidazole rings is 1. The molecule has 0 aromatic carbocycles. The van der Waals surface area contributed by atoms with E-state index in [1.807, 2.05) is 0 Å². The number of nitrogens with zero attached hydrogens (tertiary/aromatic N) is 1. The maximum atomic E-state index is 9.86. The minimum Gasteiger partial charge on any atom is -0.492 e. The first kappa shape index (κ1) is 13.4. The van der Waals surface area contributed by atoms with E-state index in [0.29, 0.717) is 0 Å². The first-order valence-electron chi connectivity index (χ1n) is 6.94. The molecule has 0 spiro atoms. The van der Waals surface area contributed by atoms with Crippen molar-refractivity contribution in [2.75, 3.05) is 7.11 Å². The van der Waals surface area contributed by atoms with Gasteiger partial charge >= 0.3 is 0 Å². The Bertz CT molecular complexity index is 392. The van der Waals surface area contributed by atoms with Gasteiger partial charge in [-0.1, -0.05) is 20.3 Å². The van der Waals surface area contributed by atoms with Gasteiger partial charge in [0.25, 0.3) is 0 Å². The number of rotatable bonds is 4. The van der Waals surface area contributed by atoms with Crippen LogP contribution in [0.2, 0.25) is 0 Å². The number of methoxy groups -OCH3 is 1. The normalized spacial score (nSPS) is 28.5. The fourth-order valence-corrected chi connectivity index (χ4v) is 2.81. The van der Waals surface area contributed by atoms with Crippen LogP contribution in [0, 0.1) is 5.92 Å². The Labute approximate surface area is 109 Å². The number of aromatic nitrogens is 2. The molecular weight excluding hydrogens is 228 g/mol. The van der Waals surface area contributed by atoms with Gasteiger partial charge in [0.2, 0.25) is 5.88 Å². The molecule has 1 heterocycles. The van der Waals surface area contributed by atoms with Crippen molar-refractivity contribution in [1.82, 2.24) is 9.97 Å². The number of H-pyrrole nitrogens is 1. The van der Waals surface area contributed by atoms with Gasteiger partial charge in [0.1, 0.15) is 11.4 Å². The highest BCUT2D eigenvalue weighted by atomic mass is 16.5. The highest BCUT2D eigenvalue weighted by molar-refractivity contribution is 5.23. The second kappa shape index (κ2) is 5.31. The van der Waals surface area contributed by atoms with Gasteiger partial charge in [-0.05, 0) is 38.0 Å². The van der Waals surface area contributed by atoms with E-state index in [-0.39, 0.29) is 11.5 Å². The van der Waals surface area contributed by atoms with E-state index in [1.165, 1.54) is 0 Å². The summed E-state index contributed by atoms with van der Waals surface area (Å²) in [5.74, 6) is 1.70. The summed E-state index contributed by atoms with van der Waals surface area (Å²) in [6.45, 7) is 4.37. The fourth-order valence-electron chi connectivity index (χ4n) is 2.81. The van der Waals surface area contributed by atoms with Gasteiger partial charge in [0, 0.05) is 7.11 Å². The third kappa shape index (κ3) is 2.39. The highest BCUT2D eigenvalue weighted by Crippen LogP contribution is 2.41. The molecule has 18 heavy (non-hydrogen) atoms. The lowest BCUT2D eigenvalue weighted by molar-refractivity contribution is -0.0593. The average Bonchev–Trinajstić information content (AvgIpc) is 2.74. The summed E-state index contributed by atoms with van der Waals surface area (Å²) >= 11 is 0. The van der Waals surface area contributed by atoms with Crippen molar-refractivity contribution in [1.29, 1.82) is 0 Å². The van der Waals surface area contributed by atoms with Gasteiger partial charge in [-0.2, -0.15) is 4.98 Å². The maximum absolute atomic E-state index is 9.86. The molecule has 4 nitrogen and oxygen atoms in total. The van der Waals surface area contributed by atoms with Crippen LogP contribution in [0.3, 0.4) is 0 Å². The first-order valence-corrected chi connectivity index (χ1v) is 6.94. The summed E-state index contributed by atoms with van der Waals surface area (Å²) in [5.41, 5.74) is 0.512. The smallest absolute Gasteiger partial charge is 0.232 e. The van der Waals surface area contributed by atoms with E-state index in [4.69, 9.17) is 4.74 Å².